The molecule has 5 nitrogen and oxygen atoms in total. The molecule has 0 aromatic heterocycles. The Bertz CT molecular complexity index is 794. The standard InChI is InChI=1S/C21H26ClNO4/c1-6-19(27-16-7-9-18(22)13(2)11-16)21(24)23-14(3)17-12-15(25-4)8-10-20(17)26-5/h7-12,14,19H,6H2,1-5H3,(H,23,24)/t14-,19-/m0/s1. The van der Waals surface area contributed by atoms with Gasteiger partial charge in [0.15, 0.2) is 6.10 Å². The highest BCUT2D eigenvalue weighted by Gasteiger charge is 2.22. The Morgan fingerprint density at radius 3 is 2.41 bits per heavy atom. The molecule has 0 bridgehead atoms. The lowest BCUT2D eigenvalue weighted by atomic mass is 10.1. The summed E-state index contributed by atoms with van der Waals surface area (Å²) in [6, 6.07) is 10.6. The number of carbonyl (C=O) groups excluding carboxylic acids is 1. The Hall–Kier alpha value is -2.40. The van der Waals surface area contributed by atoms with Crippen LogP contribution in [0.2, 0.25) is 5.02 Å². The molecule has 2 atom stereocenters. The molecule has 0 radical (unpaired) electrons. The van der Waals surface area contributed by atoms with Gasteiger partial charge in [0, 0.05) is 10.6 Å². The van der Waals surface area contributed by atoms with E-state index in [1.807, 2.05) is 45.0 Å². The largest absolute Gasteiger partial charge is 0.497 e. The molecule has 0 aliphatic heterocycles. The van der Waals surface area contributed by atoms with E-state index in [0.717, 1.165) is 11.1 Å². The lowest BCUT2D eigenvalue weighted by Crippen LogP contribution is -2.39. The third-order valence-electron chi connectivity index (χ3n) is 4.33. The van der Waals surface area contributed by atoms with Crippen LogP contribution in [0.3, 0.4) is 0 Å². The molecule has 0 fully saturated rings. The smallest absolute Gasteiger partial charge is 0.261 e. The summed E-state index contributed by atoms with van der Waals surface area (Å²) >= 11 is 6.05. The number of hydrogen-bond donors (Lipinski definition) is 1. The van der Waals surface area contributed by atoms with E-state index >= 15 is 0 Å². The molecule has 0 heterocycles. The van der Waals surface area contributed by atoms with E-state index in [4.69, 9.17) is 25.8 Å². The van der Waals surface area contributed by atoms with E-state index in [2.05, 4.69) is 5.32 Å². The van der Waals surface area contributed by atoms with Crippen molar-refractivity contribution in [3.63, 3.8) is 0 Å². The zero-order valence-corrected chi connectivity index (χ0v) is 17.1. The fourth-order valence-corrected chi connectivity index (χ4v) is 2.86. The third kappa shape index (κ3) is 5.30. The number of nitrogens with one attached hydrogen (secondary N) is 1. The van der Waals surface area contributed by atoms with Gasteiger partial charge in [0.1, 0.15) is 17.2 Å². The van der Waals surface area contributed by atoms with Crippen LogP contribution in [0.15, 0.2) is 36.4 Å². The van der Waals surface area contributed by atoms with Crippen LogP contribution in [0.1, 0.15) is 37.4 Å². The van der Waals surface area contributed by atoms with Crippen molar-refractivity contribution in [3.8, 4) is 17.2 Å². The van der Waals surface area contributed by atoms with Crippen LogP contribution in [0.5, 0.6) is 17.2 Å². The van der Waals surface area contributed by atoms with Gasteiger partial charge in [0.05, 0.1) is 20.3 Å². The average Bonchev–Trinajstić information content (AvgIpc) is 2.67. The maximum Gasteiger partial charge on any atom is 0.261 e. The Kier molecular flexibility index (Phi) is 7.36. The summed E-state index contributed by atoms with van der Waals surface area (Å²) in [5, 5.41) is 3.66. The van der Waals surface area contributed by atoms with Crippen LogP contribution in [-0.4, -0.2) is 26.2 Å². The van der Waals surface area contributed by atoms with Crippen LogP contribution >= 0.6 is 11.6 Å². The number of carbonyl (C=O) groups is 1. The van der Waals surface area contributed by atoms with Gasteiger partial charge < -0.3 is 19.5 Å². The first kappa shape index (κ1) is 20.9. The van der Waals surface area contributed by atoms with Crippen molar-refractivity contribution in [1.82, 2.24) is 5.32 Å². The van der Waals surface area contributed by atoms with Crippen LogP contribution in [0, 0.1) is 6.92 Å². The number of methoxy groups -OCH3 is 2. The number of amides is 1. The Morgan fingerprint density at radius 1 is 1.11 bits per heavy atom. The number of ether oxygens (including phenoxy) is 3. The van der Waals surface area contributed by atoms with Crippen LogP contribution < -0.4 is 19.5 Å². The fourth-order valence-electron chi connectivity index (χ4n) is 2.74. The first-order valence-corrected chi connectivity index (χ1v) is 9.22. The maximum atomic E-state index is 12.7. The minimum atomic E-state index is -0.607. The second-order valence-electron chi connectivity index (χ2n) is 6.26. The summed E-state index contributed by atoms with van der Waals surface area (Å²) in [5.41, 5.74) is 1.74. The molecule has 27 heavy (non-hydrogen) atoms. The Morgan fingerprint density at radius 2 is 1.81 bits per heavy atom. The number of hydrogen-bond acceptors (Lipinski definition) is 4. The van der Waals surface area contributed by atoms with Gasteiger partial charge in [0.25, 0.3) is 5.91 Å². The van der Waals surface area contributed by atoms with Gasteiger partial charge >= 0.3 is 0 Å². The molecular formula is C21H26ClNO4. The van der Waals surface area contributed by atoms with Gasteiger partial charge in [-0.1, -0.05) is 18.5 Å². The number of rotatable bonds is 8. The molecule has 1 amide bonds. The maximum absolute atomic E-state index is 12.7. The van der Waals surface area contributed by atoms with Crippen molar-refractivity contribution in [2.75, 3.05) is 14.2 Å². The van der Waals surface area contributed by atoms with Crippen molar-refractivity contribution in [1.29, 1.82) is 0 Å². The molecule has 1 N–H and O–H groups in total. The van der Waals surface area contributed by atoms with E-state index in [1.165, 1.54) is 0 Å². The molecule has 146 valence electrons. The monoisotopic (exact) mass is 391 g/mol. The molecular weight excluding hydrogens is 366 g/mol. The summed E-state index contributed by atoms with van der Waals surface area (Å²) in [6.07, 6.45) is -0.0697. The minimum absolute atomic E-state index is 0.192. The molecule has 2 aromatic carbocycles. The second-order valence-corrected chi connectivity index (χ2v) is 6.67. The summed E-state index contributed by atoms with van der Waals surface area (Å²) in [5.74, 6) is 1.81. The van der Waals surface area contributed by atoms with Crippen LogP contribution in [-0.2, 0) is 4.79 Å². The van der Waals surface area contributed by atoms with Crippen molar-refractivity contribution >= 4 is 17.5 Å². The van der Waals surface area contributed by atoms with E-state index in [1.54, 1.807) is 26.4 Å². The molecule has 0 saturated carbocycles. The molecule has 0 unspecified atom stereocenters. The van der Waals surface area contributed by atoms with Crippen molar-refractivity contribution in [2.24, 2.45) is 0 Å². The molecule has 2 rings (SSSR count). The Labute approximate surface area is 165 Å². The highest BCUT2D eigenvalue weighted by Crippen LogP contribution is 2.29. The lowest BCUT2D eigenvalue weighted by Gasteiger charge is -2.22. The Balaban J connectivity index is 2.12. The summed E-state index contributed by atoms with van der Waals surface area (Å²) in [4.78, 5) is 12.7. The fraction of sp³-hybridized carbons (Fsp3) is 0.381. The zero-order valence-electron chi connectivity index (χ0n) is 16.3. The predicted molar refractivity (Wildman–Crippen MR) is 107 cm³/mol. The number of aryl methyl sites for hydroxylation is 1. The summed E-state index contributed by atoms with van der Waals surface area (Å²) < 4.78 is 16.6. The van der Waals surface area contributed by atoms with Gasteiger partial charge in [-0.15, -0.1) is 0 Å². The van der Waals surface area contributed by atoms with Gasteiger partial charge in [0.2, 0.25) is 0 Å². The van der Waals surface area contributed by atoms with Gasteiger partial charge in [-0.25, -0.2) is 0 Å². The third-order valence-corrected chi connectivity index (χ3v) is 4.76. The normalized spacial score (nSPS) is 12.8. The van der Waals surface area contributed by atoms with E-state index in [9.17, 15) is 4.79 Å². The quantitative estimate of drug-likeness (QED) is 0.708. The number of benzene rings is 2. The van der Waals surface area contributed by atoms with Crippen LogP contribution in [0.4, 0.5) is 0 Å². The number of halogens is 1. The summed E-state index contributed by atoms with van der Waals surface area (Å²) in [6.45, 7) is 5.70. The molecule has 2 aromatic rings. The van der Waals surface area contributed by atoms with E-state index in [-0.39, 0.29) is 11.9 Å². The first-order valence-electron chi connectivity index (χ1n) is 8.84. The lowest BCUT2D eigenvalue weighted by molar-refractivity contribution is -0.128. The molecule has 0 spiro atoms. The minimum Gasteiger partial charge on any atom is -0.497 e. The van der Waals surface area contributed by atoms with Crippen molar-refractivity contribution in [2.45, 2.75) is 39.3 Å². The SMILES string of the molecule is CC[C@H](Oc1ccc(Cl)c(C)c1)C(=O)N[C@@H](C)c1cc(OC)ccc1OC. The molecule has 0 aliphatic rings. The van der Waals surface area contributed by atoms with Gasteiger partial charge in [-0.2, -0.15) is 0 Å². The molecule has 0 aliphatic carbocycles. The van der Waals surface area contributed by atoms with Crippen molar-refractivity contribution < 1.29 is 19.0 Å². The highest BCUT2D eigenvalue weighted by molar-refractivity contribution is 6.31. The zero-order chi connectivity index (χ0) is 20.0. The molecule has 6 heteroatoms. The second kappa shape index (κ2) is 9.51. The first-order chi connectivity index (χ1) is 12.9. The molecule has 0 saturated heterocycles. The van der Waals surface area contributed by atoms with E-state index < -0.39 is 6.10 Å². The average molecular weight is 392 g/mol. The van der Waals surface area contributed by atoms with Crippen molar-refractivity contribution in [3.05, 3.63) is 52.5 Å². The van der Waals surface area contributed by atoms with Crippen LogP contribution in [0.25, 0.3) is 0 Å². The summed E-state index contributed by atoms with van der Waals surface area (Å²) in [7, 11) is 3.20. The topological polar surface area (TPSA) is 56.8 Å². The van der Waals surface area contributed by atoms with Gasteiger partial charge in [-0.3, -0.25) is 4.79 Å². The predicted octanol–water partition coefficient (Wildman–Crippen LogP) is 4.70. The highest BCUT2D eigenvalue weighted by atomic mass is 35.5. The van der Waals surface area contributed by atoms with Gasteiger partial charge in [-0.05, 0) is 62.2 Å². The van der Waals surface area contributed by atoms with E-state index in [0.29, 0.717) is 28.7 Å².